The number of hydrogen-bond acceptors (Lipinski definition) is 4. The van der Waals surface area contributed by atoms with Crippen molar-refractivity contribution >= 4 is 34.0 Å². The van der Waals surface area contributed by atoms with Gasteiger partial charge in [-0.15, -0.1) is 0 Å². The van der Waals surface area contributed by atoms with Crippen LogP contribution in [0.2, 0.25) is 0 Å². The molecule has 2 unspecified atom stereocenters. The second-order valence-electron chi connectivity index (χ2n) is 7.28. The molecule has 3 aromatic rings. The highest BCUT2D eigenvalue weighted by molar-refractivity contribution is 8.05. The van der Waals surface area contributed by atoms with Gasteiger partial charge in [0.1, 0.15) is 15.3 Å². The van der Waals surface area contributed by atoms with Gasteiger partial charge in [0.25, 0.3) is 5.91 Å². The van der Waals surface area contributed by atoms with Crippen LogP contribution in [0.3, 0.4) is 0 Å². The Bertz CT molecular complexity index is 1160. The van der Waals surface area contributed by atoms with Gasteiger partial charge in [0.2, 0.25) is 0 Å². The van der Waals surface area contributed by atoms with Gasteiger partial charge in [-0.1, -0.05) is 84.6 Å². The van der Waals surface area contributed by atoms with E-state index in [9.17, 15) is 4.79 Å². The number of carbonyl (C=O) groups excluding carboxylic acids is 1. The summed E-state index contributed by atoms with van der Waals surface area (Å²) in [7, 11) is 1.00. The summed E-state index contributed by atoms with van der Waals surface area (Å²) in [6.45, 7) is 0.500. The van der Waals surface area contributed by atoms with Gasteiger partial charge in [-0.05, 0) is 34.0 Å². The number of rotatable bonds is 3. The summed E-state index contributed by atoms with van der Waals surface area (Å²) < 4.78 is 9.14. The Hall–Kier alpha value is -2.83. The minimum absolute atomic E-state index is 0.0341. The molecule has 4 nitrogen and oxygen atoms in total. The Morgan fingerprint density at radius 1 is 0.933 bits per heavy atom. The van der Waals surface area contributed by atoms with Crippen LogP contribution in [0.15, 0.2) is 99.8 Å². The number of benzene rings is 3. The van der Waals surface area contributed by atoms with Gasteiger partial charge in [-0.2, -0.15) is 0 Å². The average Bonchev–Trinajstić information content (AvgIpc) is 3.23. The molecule has 0 aromatic heterocycles. The molecule has 2 heterocycles. The van der Waals surface area contributed by atoms with Crippen molar-refractivity contribution in [2.75, 3.05) is 11.9 Å². The number of fused-ring (bicyclic) bond motifs is 1. The van der Waals surface area contributed by atoms with Crippen LogP contribution in [0.25, 0.3) is 0 Å². The van der Waals surface area contributed by atoms with E-state index in [1.807, 2.05) is 84.7 Å². The van der Waals surface area contributed by atoms with Gasteiger partial charge < -0.3 is 9.80 Å². The number of thioether (sulfide) groups is 1. The molecule has 0 saturated carbocycles. The Morgan fingerprint density at radius 2 is 1.57 bits per heavy atom. The largest absolute Gasteiger partial charge is 0.337 e. The number of hydrogen-bond donors (Lipinski definition) is 1. The summed E-state index contributed by atoms with van der Waals surface area (Å²) in [6.07, 6.45) is 0. The Morgan fingerprint density at radius 3 is 2.27 bits per heavy atom. The van der Waals surface area contributed by atoms with Gasteiger partial charge in [-0.3, -0.25) is 9.57 Å². The van der Waals surface area contributed by atoms with Crippen LogP contribution >= 0.6 is 11.8 Å². The van der Waals surface area contributed by atoms with E-state index in [0.717, 1.165) is 26.7 Å². The molecule has 0 spiro atoms. The molecule has 2 atom stereocenters. The molecule has 2 aliphatic heterocycles. The summed E-state index contributed by atoms with van der Waals surface area (Å²) in [5, 5.41) is 0.607. The molecule has 1 fully saturated rings. The molecule has 150 valence electrons. The van der Waals surface area contributed by atoms with Crippen LogP contribution in [0.1, 0.15) is 16.5 Å². The van der Waals surface area contributed by atoms with E-state index in [4.69, 9.17) is 4.78 Å². The fraction of sp³-hybridized carbons (Fsp3) is 0.125. The number of carbonyl (C=O) groups is 1. The number of nitrogens with one attached hydrogen (secondary N) is 1. The lowest BCUT2D eigenvalue weighted by Gasteiger charge is -2.24. The van der Waals surface area contributed by atoms with Gasteiger partial charge in [0.15, 0.2) is 0 Å². The predicted molar refractivity (Wildman–Crippen MR) is 124 cm³/mol. The van der Waals surface area contributed by atoms with E-state index in [1.165, 1.54) is 0 Å². The van der Waals surface area contributed by atoms with Gasteiger partial charge in [0.05, 0.1) is 5.69 Å². The summed E-state index contributed by atoms with van der Waals surface area (Å²) in [5.41, 5.74) is 3.18. The second-order valence-corrected chi connectivity index (χ2v) is 9.84. The van der Waals surface area contributed by atoms with E-state index in [2.05, 4.69) is 17.0 Å². The normalized spacial score (nSPS) is 23.2. The molecule has 3 aromatic carbocycles. The molecule has 5 rings (SSSR count). The van der Waals surface area contributed by atoms with Gasteiger partial charge in [0, 0.05) is 18.5 Å². The molecule has 1 saturated heterocycles. The zero-order valence-electron chi connectivity index (χ0n) is 16.5. The van der Waals surface area contributed by atoms with Gasteiger partial charge >= 0.3 is 0 Å². The lowest BCUT2D eigenvalue weighted by atomic mass is 10.1. The Kier molecular flexibility index (Phi) is 4.97. The maximum atomic E-state index is 13.7. The van der Waals surface area contributed by atoms with Crippen molar-refractivity contribution in [3.63, 3.8) is 0 Å². The van der Waals surface area contributed by atoms with Crippen molar-refractivity contribution in [2.45, 2.75) is 16.8 Å². The highest BCUT2D eigenvalue weighted by atomic mass is 32.2. The van der Waals surface area contributed by atoms with Crippen LogP contribution in [-0.4, -0.2) is 17.9 Å². The third kappa shape index (κ3) is 3.16. The summed E-state index contributed by atoms with van der Waals surface area (Å²) >= 11 is 1.60. The molecule has 30 heavy (non-hydrogen) atoms. The molecule has 1 N–H and O–H groups in total. The van der Waals surface area contributed by atoms with Crippen LogP contribution in [0.5, 0.6) is 0 Å². The highest BCUT2D eigenvalue weighted by Gasteiger charge is 2.44. The zero-order valence-corrected chi connectivity index (χ0v) is 18.1. The van der Waals surface area contributed by atoms with Crippen molar-refractivity contribution < 1.29 is 4.79 Å². The van der Waals surface area contributed by atoms with E-state index < -0.39 is 10.7 Å². The molecule has 2 aliphatic rings. The predicted octanol–water partition coefficient (Wildman–Crippen LogP) is 5.52. The summed E-state index contributed by atoms with van der Waals surface area (Å²) in [6, 6.07) is 28.2. The lowest BCUT2D eigenvalue weighted by Crippen LogP contribution is -2.28. The topological polar surface area (TPSA) is 47.4 Å². The number of anilines is 1. The Balaban J connectivity index is 1.61. The van der Waals surface area contributed by atoms with Gasteiger partial charge in [-0.25, -0.2) is 0 Å². The van der Waals surface area contributed by atoms with E-state index in [1.54, 1.807) is 11.8 Å². The van der Waals surface area contributed by atoms with Crippen LogP contribution in [0, 0.1) is 4.78 Å². The fourth-order valence-electron chi connectivity index (χ4n) is 3.93. The number of para-hydroxylation sites is 1. The van der Waals surface area contributed by atoms with E-state index >= 15 is 0 Å². The average molecular weight is 432 g/mol. The molecule has 1 amide bonds. The molecule has 0 radical (unpaired) electrons. The first kappa shape index (κ1) is 19.2. The quantitative estimate of drug-likeness (QED) is 0.556. The molecule has 0 bridgehead atoms. The molecule has 6 heteroatoms. The first-order valence-corrected chi connectivity index (χ1v) is 11.8. The summed E-state index contributed by atoms with van der Waals surface area (Å²) in [5.74, 6) is -0.0341. The first-order valence-electron chi connectivity index (χ1n) is 9.74. The lowest BCUT2D eigenvalue weighted by molar-refractivity contribution is -0.126. The Labute approximate surface area is 183 Å². The monoisotopic (exact) mass is 431 g/mol. The van der Waals surface area contributed by atoms with E-state index in [-0.39, 0.29) is 11.3 Å². The van der Waals surface area contributed by atoms with Crippen LogP contribution < -0.4 is 4.90 Å². The van der Waals surface area contributed by atoms with E-state index in [0.29, 0.717) is 11.4 Å². The SMILES string of the molecule is CN1C(=C2C(=O)N(Cc3ccccc3)C(c3ccccc3)S2=N)Sc2ccccc21. The molecular weight excluding hydrogens is 410 g/mol. The van der Waals surface area contributed by atoms with Crippen molar-refractivity contribution in [3.8, 4) is 0 Å². The second kappa shape index (κ2) is 7.78. The van der Waals surface area contributed by atoms with Crippen LogP contribution in [0.4, 0.5) is 5.69 Å². The highest BCUT2D eigenvalue weighted by Crippen LogP contribution is 2.50. The molecular formula is C24H21N3OS2. The minimum atomic E-state index is -0.989. The maximum Gasteiger partial charge on any atom is 0.265 e. The zero-order chi connectivity index (χ0) is 20.7. The standard InChI is InChI=1S/C24H21N3OS2/c1-26-19-14-8-9-15-20(19)29-23(26)21-22(28)27(16-17-10-4-2-5-11-17)24(30(21)25)18-12-6-3-7-13-18/h2-15,24-25H,16H2,1H3. The van der Waals surface area contributed by atoms with Crippen molar-refractivity contribution in [1.82, 2.24) is 4.90 Å². The third-order valence-electron chi connectivity index (χ3n) is 5.39. The molecule has 0 aliphatic carbocycles. The van der Waals surface area contributed by atoms with Crippen molar-refractivity contribution in [1.29, 1.82) is 4.78 Å². The first-order chi connectivity index (χ1) is 14.6. The fourth-order valence-corrected chi connectivity index (χ4v) is 7.11. The number of nitrogens with zero attached hydrogens (tertiary/aromatic N) is 2. The van der Waals surface area contributed by atoms with Crippen molar-refractivity contribution in [3.05, 3.63) is 106 Å². The van der Waals surface area contributed by atoms with Crippen molar-refractivity contribution in [2.24, 2.45) is 0 Å². The minimum Gasteiger partial charge on any atom is -0.337 e. The third-order valence-corrected chi connectivity index (χ3v) is 8.54. The van der Waals surface area contributed by atoms with Crippen LogP contribution in [-0.2, 0) is 22.0 Å². The number of amides is 1. The maximum absolute atomic E-state index is 13.7. The smallest absolute Gasteiger partial charge is 0.265 e. The summed E-state index contributed by atoms with van der Waals surface area (Å²) in [4.78, 5) is 19.4.